The van der Waals surface area contributed by atoms with Gasteiger partial charge in [-0.05, 0) is 25.1 Å². The molecule has 94 valence electrons. The molecule has 0 spiro atoms. The summed E-state index contributed by atoms with van der Waals surface area (Å²) in [5.74, 6) is 1.19. The summed E-state index contributed by atoms with van der Waals surface area (Å²) in [6.45, 7) is 2.15. The van der Waals surface area contributed by atoms with Crippen molar-refractivity contribution in [3.63, 3.8) is 0 Å². The third kappa shape index (κ3) is 2.68. The molecule has 0 radical (unpaired) electrons. The van der Waals surface area contributed by atoms with Crippen molar-refractivity contribution in [3.05, 3.63) is 57.9 Å². The van der Waals surface area contributed by atoms with Crippen LogP contribution >= 0.6 is 0 Å². The molecule has 2 aromatic rings. The van der Waals surface area contributed by atoms with Gasteiger partial charge in [0.05, 0.1) is 6.54 Å². The van der Waals surface area contributed by atoms with Crippen LogP contribution in [0.3, 0.4) is 0 Å². The highest BCUT2D eigenvalue weighted by atomic mass is 16.3. The lowest BCUT2D eigenvalue weighted by Gasteiger charge is -2.04. The second kappa shape index (κ2) is 4.91. The topological polar surface area (TPSA) is 64.2 Å². The Kier molecular flexibility index (Phi) is 3.32. The molecule has 5 nitrogen and oxygen atoms in total. The fourth-order valence-corrected chi connectivity index (χ4v) is 1.54. The van der Waals surface area contributed by atoms with Crippen LogP contribution in [0.4, 0.5) is 0 Å². The monoisotopic (exact) mass is 246 g/mol. The minimum Gasteiger partial charge on any atom is -0.465 e. The van der Waals surface area contributed by atoms with Gasteiger partial charge >= 0.3 is 0 Å². The van der Waals surface area contributed by atoms with E-state index in [1.807, 2.05) is 13.0 Å². The number of aromatic nitrogens is 1. The van der Waals surface area contributed by atoms with Gasteiger partial charge in [-0.3, -0.25) is 9.59 Å². The van der Waals surface area contributed by atoms with Gasteiger partial charge in [-0.15, -0.1) is 0 Å². The van der Waals surface area contributed by atoms with Crippen LogP contribution in [-0.4, -0.2) is 10.5 Å². The van der Waals surface area contributed by atoms with E-state index in [1.54, 1.807) is 25.4 Å². The van der Waals surface area contributed by atoms with Gasteiger partial charge in [0, 0.05) is 24.9 Å². The Labute approximate surface area is 104 Å². The molecule has 0 unspecified atom stereocenters. The van der Waals surface area contributed by atoms with Crippen LogP contribution in [0.5, 0.6) is 0 Å². The standard InChI is InChI=1S/C13H14N2O3/c1-9-3-4-11(18-9)8-14-13(17)10-5-6-15(2)12(16)7-10/h3-7H,8H2,1-2H3,(H,14,17). The van der Waals surface area contributed by atoms with Crippen molar-refractivity contribution in [1.29, 1.82) is 0 Å². The van der Waals surface area contributed by atoms with E-state index in [1.165, 1.54) is 10.6 Å². The molecule has 0 aliphatic carbocycles. The van der Waals surface area contributed by atoms with E-state index in [0.29, 0.717) is 17.9 Å². The first-order chi connectivity index (χ1) is 8.56. The quantitative estimate of drug-likeness (QED) is 0.885. The fraction of sp³-hybridized carbons (Fsp3) is 0.231. The van der Waals surface area contributed by atoms with E-state index in [2.05, 4.69) is 5.32 Å². The van der Waals surface area contributed by atoms with Crippen LogP contribution in [0.1, 0.15) is 21.9 Å². The number of rotatable bonds is 3. The van der Waals surface area contributed by atoms with Gasteiger partial charge < -0.3 is 14.3 Å². The number of aryl methyl sites for hydroxylation is 2. The third-order valence-electron chi connectivity index (χ3n) is 2.59. The number of nitrogens with zero attached hydrogens (tertiary/aromatic N) is 1. The maximum Gasteiger partial charge on any atom is 0.251 e. The van der Waals surface area contributed by atoms with Gasteiger partial charge in [-0.25, -0.2) is 0 Å². The zero-order valence-corrected chi connectivity index (χ0v) is 10.3. The predicted octanol–water partition coefficient (Wildman–Crippen LogP) is 1.22. The molecule has 1 N–H and O–H groups in total. The van der Waals surface area contributed by atoms with E-state index in [4.69, 9.17) is 4.42 Å². The maximum atomic E-state index is 11.8. The van der Waals surface area contributed by atoms with Gasteiger partial charge in [-0.2, -0.15) is 0 Å². The molecule has 0 aliphatic heterocycles. The van der Waals surface area contributed by atoms with Crippen LogP contribution in [0.25, 0.3) is 0 Å². The van der Waals surface area contributed by atoms with Crippen LogP contribution in [0, 0.1) is 6.92 Å². The average molecular weight is 246 g/mol. The van der Waals surface area contributed by atoms with Crippen molar-refractivity contribution in [2.24, 2.45) is 7.05 Å². The molecule has 2 aromatic heterocycles. The predicted molar refractivity (Wildman–Crippen MR) is 66.3 cm³/mol. The SMILES string of the molecule is Cc1ccc(CNC(=O)c2ccn(C)c(=O)c2)o1. The van der Waals surface area contributed by atoms with Crippen molar-refractivity contribution in [3.8, 4) is 0 Å². The Hall–Kier alpha value is -2.30. The summed E-state index contributed by atoms with van der Waals surface area (Å²) in [7, 11) is 1.63. The third-order valence-corrected chi connectivity index (χ3v) is 2.59. The summed E-state index contributed by atoms with van der Waals surface area (Å²) in [6, 6.07) is 6.55. The highest BCUT2D eigenvalue weighted by molar-refractivity contribution is 5.93. The average Bonchev–Trinajstić information content (AvgIpc) is 2.75. The summed E-state index contributed by atoms with van der Waals surface area (Å²) < 4.78 is 6.74. The molecule has 1 amide bonds. The largest absolute Gasteiger partial charge is 0.465 e. The highest BCUT2D eigenvalue weighted by Gasteiger charge is 2.07. The number of pyridine rings is 1. The molecule has 0 aliphatic rings. The van der Waals surface area contributed by atoms with Gasteiger partial charge in [0.2, 0.25) is 0 Å². The molecule has 5 heteroatoms. The van der Waals surface area contributed by atoms with Crippen LogP contribution in [0.2, 0.25) is 0 Å². The van der Waals surface area contributed by atoms with Crippen molar-refractivity contribution in [1.82, 2.24) is 9.88 Å². The number of carbonyl (C=O) groups is 1. The minimum absolute atomic E-state index is 0.212. The van der Waals surface area contributed by atoms with Gasteiger partial charge in [-0.1, -0.05) is 0 Å². The van der Waals surface area contributed by atoms with Gasteiger partial charge in [0.25, 0.3) is 11.5 Å². The smallest absolute Gasteiger partial charge is 0.251 e. The zero-order chi connectivity index (χ0) is 13.1. The van der Waals surface area contributed by atoms with E-state index in [-0.39, 0.29) is 11.5 Å². The normalized spacial score (nSPS) is 10.3. The Morgan fingerprint density at radius 2 is 2.17 bits per heavy atom. The van der Waals surface area contributed by atoms with E-state index >= 15 is 0 Å². The highest BCUT2D eigenvalue weighted by Crippen LogP contribution is 2.05. The van der Waals surface area contributed by atoms with Crippen molar-refractivity contribution in [2.75, 3.05) is 0 Å². The molecule has 0 aromatic carbocycles. The number of furan rings is 1. The lowest BCUT2D eigenvalue weighted by atomic mass is 10.2. The lowest BCUT2D eigenvalue weighted by molar-refractivity contribution is 0.0947. The van der Waals surface area contributed by atoms with E-state index in [0.717, 1.165) is 5.76 Å². The second-order valence-corrected chi connectivity index (χ2v) is 4.06. The Morgan fingerprint density at radius 1 is 1.39 bits per heavy atom. The summed E-state index contributed by atoms with van der Waals surface area (Å²) in [5.41, 5.74) is 0.137. The second-order valence-electron chi connectivity index (χ2n) is 4.06. The zero-order valence-electron chi connectivity index (χ0n) is 10.3. The molecule has 0 atom stereocenters. The summed E-state index contributed by atoms with van der Waals surface area (Å²) >= 11 is 0. The van der Waals surface area contributed by atoms with Crippen molar-refractivity contribution >= 4 is 5.91 Å². The Bertz CT molecular complexity index is 625. The maximum absolute atomic E-state index is 11.8. The molecule has 2 heterocycles. The molecule has 0 saturated heterocycles. The molecular weight excluding hydrogens is 232 g/mol. The first-order valence-electron chi connectivity index (χ1n) is 5.56. The van der Waals surface area contributed by atoms with Crippen LogP contribution < -0.4 is 10.9 Å². The first kappa shape index (κ1) is 12.2. The molecular formula is C13H14N2O3. The summed E-state index contributed by atoms with van der Waals surface area (Å²) in [6.07, 6.45) is 1.56. The molecule has 0 bridgehead atoms. The number of amides is 1. The summed E-state index contributed by atoms with van der Waals surface area (Å²) in [4.78, 5) is 23.2. The van der Waals surface area contributed by atoms with Gasteiger partial charge in [0.1, 0.15) is 11.5 Å². The fourth-order valence-electron chi connectivity index (χ4n) is 1.54. The molecule has 18 heavy (non-hydrogen) atoms. The van der Waals surface area contributed by atoms with E-state index < -0.39 is 0 Å². The van der Waals surface area contributed by atoms with Gasteiger partial charge in [0.15, 0.2) is 0 Å². The molecule has 2 rings (SSSR count). The van der Waals surface area contributed by atoms with Crippen molar-refractivity contribution < 1.29 is 9.21 Å². The lowest BCUT2D eigenvalue weighted by Crippen LogP contribution is -2.25. The first-order valence-corrected chi connectivity index (χ1v) is 5.56. The van der Waals surface area contributed by atoms with Crippen LogP contribution in [0.15, 0.2) is 39.7 Å². The molecule has 0 saturated carbocycles. The number of hydrogen-bond donors (Lipinski definition) is 1. The molecule has 0 fully saturated rings. The Balaban J connectivity index is 2.03. The Morgan fingerprint density at radius 3 is 2.78 bits per heavy atom. The number of carbonyl (C=O) groups excluding carboxylic acids is 1. The minimum atomic E-state index is -0.290. The number of hydrogen-bond acceptors (Lipinski definition) is 3. The van der Waals surface area contributed by atoms with Crippen LogP contribution in [-0.2, 0) is 13.6 Å². The summed E-state index contributed by atoms with van der Waals surface area (Å²) in [5, 5.41) is 2.69. The number of nitrogens with one attached hydrogen (secondary N) is 1. The van der Waals surface area contributed by atoms with Crippen molar-refractivity contribution in [2.45, 2.75) is 13.5 Å². The van der Waals surface area contributed by atoms with E-state index in [9.17, 15) is 9.59 Å².